The Labute approximate surface area is 309 Å². The van der Waals surface area contributed by atoms with Gasteiger partial charge in [0.25, 0.3) is 0 Å². The molecule has 0 aliphatic rings. The number of imidazole rings is 1. The fourth-order valence-electron chi connectivity index (χ4n) is 7.54. The lowest BCUT2D eigenvalue weighted by atomic mass is 9.61. The fourth-order valence-corrected chi connectivity index (χ4v) is 7.54. The zero-order chi connectivity index (χ0) is 35.5. The molecule has 0 unspecified atom stereocenters. The number of hydrogen-bond acceptors (Lipinski definition) is 1. The van der Waals surface area contributed by atoms with Crippen molar-refractivity contribution >= 4 is 99.1 Å². The van der Waals surface area contributed by atoms with Crippen molar-refractivity contribution in [2.75, 3.05) is 0 Å². The molecule has 52 heavy (non-hydrogen) atoms. The first-order valence-electron chi connectivity index (χ1n) is 17.1. The normalized spacial score (nSPS) is 11.5. The molecule has 2 nitrogen and oxygen atoms in total. The Morgan fingerprint density at radius 3 is 1.44 bits per heavy atom. The highest BCUT2D eigenvalue weighted by Gasteiger charge is 2.21. The van der Waals surface area contributed by atoms with Crippen molar-refractivity contribution in [2.45, 2.75) is 0 Å². The first kappa shape index (κ1) is 32.0. The van der Waals surface area contributed by atoms with Crippen LogP contribution in [0.1, 0.15) is 0 Å². The second-order valence-electron chi connectivity index (χ2n) is 13.0. The number of nitrogens with zero attached hydrogens (tertiary/aromatic N) is 2. The van der Waals surface area contributed by atoms with Gasteiger partial charge in [-0.3, -0.25) is 4.57 Å². The molecule has 9 rings (SSSR count). The molecule has 230 valence electrons. The maximum atomic E-state index is 6.59. The molecule has 0 N–H and O–H groups in total. The van der Waals surface area contributed by atoms with Gasteiger partial charge in [0.2, 0.25) is 0 Å². The predicted octanol–water partition coefficient (Wildman–Crippen LogP) is 5.97. The summed E-state index contributed by atoms with van der Waals surface area (Å²) in [6, 6.07) is 53.0. The molecule has 7 heteroatoms. The Hall–Kier alpha value is -5.93. The minimum absolute atomic E-state index is 0.170. The van der Waals surface area contributed by atoms with Crippen molar-refractivity contribution in [1.82, 2.24) is 9.55 Å². The topological polar surface area (TPSA) is 17.8 Å². The summed E-state index contributed by atoms with van der Waals surface area (Å²) in [6.07, 6.45) is 0. The van der Waals surface area contributed by atoms with Crippen LogP contribution in [0.2, 0.25) is 0 Å². The predicted molar refractivity (Wildman–Crippen MR) is 225 cm³/mol. The third-order valence-corrected chi connectivity index (χ3v) is 10.1. The molecule has 0 amide bonds. The number of hydrogen-bond donors (Lipinski definition) is 0. The molecule has 10 radical (unpaired) electrons. The van der Waals surface area contributed by atoms with Crippen LogP contribution in [-0.4, -0.2) is 48.8 Å². The maximum Gasteiger partial charge on any atom is 0.145 e. The summed E-state index contributed by atoms with van der Waals surface area (Å²) >= 11 is 0. The Kier molecular flexibility index (Phi) is 7.81. The van der Waals surface area contributed by atoms with E-state index < -0.39 is 0 Å². The second kappa shape index (κ2) is 12.7. The lowest BCUT2D eigenvalue weighted by Crippen LogP contribution is -2.56. The van der Waals surface area contributed by atoms with Crippen LogP contribution in [-0.2, 0) is 0 Å². The van der Waals surface area contributed by atoms with Crippen LogP contribution in [0.25, 0.3) is 83.0 Å². The van der Waals surface area contributed by atoms with Gasteiger partial charge < -0.3 is 0 Å². The largest absolute Gasteiger partial charge is 0.294 e. The molecule has 0 saturated heterocycles. The zero-order valence-electron chi connectivity index (χ0n) is 28.2. The molecular weight excluding hydrogens is 623 g/mol. The Bertz CT molecular complexity index is 2760. The Morgan fingerprint density at radius 2 is 0.827 bits per heavy atom. The van der Waals surface area contributed by atoms with Crippen LogP contribution >= 0.6 is 0 Å². The number of para-hydroxylation sites is 2. The van der Waals surface area contributed by atoms with E-state index in [0.717, 1.165) is 22.2 Å². The van der Waals surface area contributed by atoms with E-state index in [4.69, 9.17) is 44.2 Å². The van der Waals surface area contributed by atoms with Crippen LogP contribution in [0, 0.1) is 0 Å². The van der Waals surface area contributed by atoms with E-state index >= 15 is 0 Å². The maximum absolute atomic E-state index is 6.59. The van der Waals surface area contributed by atoms with Crippen molar-refractivity contribution in [3.05, 3.63) is 152 Å². The molecule has 0 fully saturated rings. The summed E-state index contributed by atoms with van der Waals surface area (Å²) in [7, 11) is 32.0. The zero-order valence-corrected chi connectivity index (χ0v) is 28.2. The van der Waals surface area contributed by atoms with Gasteiger partial charge in [-0.1, -0.05) is 144 Å². The van der Waals surface area contributed by atoms with E-state index in [1.54, 1.807) is 0 Å². The minimum Gasteiger partial charge on any atom is -0.294 e. The van der Waals surface area contributed by atoms with Crippen molar-refractivity contribution in [1.29, 1.82) is 0 Å². The lowest BCUT2D eigenvalue weighted by Gasteiger charge is -2.23. The van der Waals surface area contributed by atoms with Gasteiger partial charge in [-0.15, -0.1) is 16.4 Å². The molecule has 0 aliphatic heterocycles. The highest BCUT2D eigenvalue weighted by Crippen LogP contribution is 2.44. The summed E-state index contributed by atoms with van der Waals surface area (Å²) < 4.78 is 1.92. The molecule has 1 aromatic heterocycles. The summed E-state index contributed by atoms with van der Waals surface area (Å²) in [5, 5.41) is 4.73. The smallest absolute Gasteiger partial charge is 0.145 e. The number of benzene rings is 8. The Balaban J connectivity index is 1.23. The fraction of sp³-hybridized carbons (Fsp3) is 0. The molecule has 0 aliphatic carbocycles. The average molecular weight is 648 g/mol. The van der Waals surface area contributed by atoms with Gasteiger partial charge >= 0.3 is 0 Å². The van der Waals surface area contributed by atoms with Gasteiger partial charge in [0.1, 0.15) is 45.1 Å². The monoisotopic (exact) mass is 648 g/mol. The molecule has 0 spiro atoms. The van der Waals surface area contributed by atoms with E-state index in [2.05, 4.69) is 121 Å². The highest BCUT2D eigenvalue weighted by molar-refractivity contribution is 6.68. The molecule has 8 aromatic carbocycles. The third kappa shape index (κ3) is 5.06. The van der Waals surface area contributed by atoms with Gasteiger partial charge in [0.15, 0.2) is 0 Å². The van der Waals surface area contributed by atoms with E-state index in [1.807, 2.05) is 34.9 Å². The second-order valence-corrected chi connectivity index (χ2v) is 13.0. The van der Waals surface area contributed by atoms with Crippen LogP contribution in [0.5, 0.6) is 0 Å². The quantitative estimate of drug-likeness (QED) is 0.166. The molecular formula is C45H25B5N2. The number of fused-ring (bicyclic) bond motifs is 3. The molecule has 1 heterocycles. The molecule has 0 saturated carbocycles. The summed E-state index contributed by atoms with van der Waals surface area (Å²) in [5.41, 5.74) is 11.0. The van der Waals surface area contributed by atoms with E-state index in [-0.39, 0.29) is 27.3 Å². The Morgan fingerprint density at radius 1 is 0.365 bits per heavy atom. The van der Waals surface area contributed by atoms with Gasteiger partial charge in [-0.05, 0) is 73.1 Å². The van der Waals surface area contributed by atoms with Crippen molar-refractivity contribution in [3.8, 4) is 50.5 Å². The SMILES string of the molecule is [B]c1c([B])c([B])c(-n2c(-c3ccc(-c4c5ccccc5c(-c5cccc(-c6ccccc6)c5)c5ccccc45)cc3)nc3ccccc32)c([B])c1[B]. The van der Waals surface area contributed by atoms with Crippen molar-refractivity contribution < 1.29 is 0 Å². The van der Waals surface area contributed by atoms with E-state index in [0.29, 0.717) is 11.5 Å². The van der Waals surface area contributed by atoms with Gasteiger partial charge in [-0.25, -0.2) is 4.98 Å². The molecule has 0 atom stereocenters. The first-order chi connectivity index (χ1) is 25.4. The molecule has 0 bridgehead atoms. The van der Waals surface area contributed by atoms with Gasteiger partial charge in [0, 0.05) is 11.3 Å². The van der Waals surface area contributed by atoms with Crippen molar-refractivity contribution in [3.63, 3.8) is 0 Å². The third-order valence-electron chi connectivity index (χ3n) is 10.1. The van der Waals surface area contributed by atoms with Crippen molar-refractivity contribution in [2.24, 2.45) is 0 Å². The average Bonchev–Trinajstić information content (AvgIpc) is 3.58. The summed E-state index contributed by atoms with van der Waals surface area (Å²) in [5.74, 6) is 0.651. The standard InChI is InChI=1S/C45H25B5N2/c46-39-40(47)42(49)44(43(50)41(39)48)52-36-20-9-8-19-35(36)51-45(52)28-23-21-27(22-24-28)37-31-15-4-6-17-33(31)38(34-18-7-5-16-32(34)37)30-14-10-13-29(25-30)26-11-2-1-3-12-26/h1-25H. The van der Waals surface area contributed by atoms with E-state index in [1.165, 1.54) is 49.4 Å². The lowest BCUT2D eigenvalue weighted by molar-refractivity contribution is 1.12. The highest BCUT2D eigenvalue weighted by atomic mass is 15.1. The van der Waals surface area contributed by atoms with Crippen LogP contribution in [0.3, 0.4) is 0 Å². The van der Waals surface area contributed by atoms with E-state index in [9.17, 15) is 0 Å². The van der Waals surface area contributed by atoms with Crippen LogP contribution in [0.4, 0.5) is 0 Å². The first-order valence-corrected chi connectivity index (χ1v) is 17.1. The van der Waals surface area contributed by atoms with Crippen LogP contribution in [0.15, 0.2) is 152 Å². The van der Waals surface area contributed by atoms with Gasteiger partial charge in [-0.2, -0.15) is 0 Å². The number of rotatable bonds is 5. The summed E-state index contributed by atoms with van der Waals surface area (Å²) in [6.45, 7) is 0. The number of aromatic nitrogens is 2. The van der Waals surface area contributed by atoms with Gasteiger partial charge in [0.05, 0.1) is 11.0 Å². The summed E-state index contributed by atoms with van der Waals surface area (Å²) in [4.78, 5) is 5.04. The van der Waals surface area contributed by atoms with Crippen LogP contribution < -0.4 is 27.3 Å². The minimum atomic E-state index is 0.170. The molecule has 9 aromatic rings.